The Morgan fingerprint density at radius 1 is 1.24 bits per heavy atom. The van der Waals surface area contributed by atoms with Gasteiger partial charge in [-0.05, 0) is 18.2 Å². The number of amides is 1. The summed E-state index contributed by atoms with van der Waals surface area (Å²) in [6, 6.07) is 7.59. The molecule has 1 aromatic carbocycles. The van der Waals surface area contributed by atoms with E-state index < -0.39 is 11.9 Å². The normalized spacial score (nSPS) is 18.7. The second-order valence-corrected chi connectivity index (χ2v) is 5.34. The van der Waals surface area contributed by atoms with Crippen molar-refractivity contribution in [3.05, 3.63) is 42.2 Å². The Hall–Kier alpha value is -2.43. The Kier molecular flexibility index (Phi) is 3.56. The molecule has 0 aliphatic carbocycles. The SMILES string of the molecule is O=C(O)C1CCCN(C(=O)c2cncc3ccccc23)C1. The minimum atomic E-state index is -0.830. The Bertz CT molecular complexity index is 693. The van der Waals surface area contributed by atoms with Crippen molar-refractivity contribution in [1.82, 2.24) is 9.88 Å². The predicted octanol–water partition coefficient (Wildman–Crippen LogP) is 2.17. The van der Waals surface area contributed by atoms with E-state index in [1.54, 1.807) is 17.3 Å². The number of carboxylic acid groups (broad SMARTS) is 1. The number of rotatable bonds is 2. The molecular formula is C16H16N2O3. The van der Waals surface area contributed by atoms with Crippen molar-refractivity contribution in [2.75, 3.05) is 13.1 Å². The van der Waals surface area contributed by atoms with Gasteiger partial charge in [-0.1, -0.05) is 24.3 Å². The molecule has 2 aromatic rings. The first-order chi connectivity index (χ1) is 10.2. The average molecular weight is 284 g/mol. The van der Waals surface area contributed by atoms with Crippen molar-refractivity contribution in [3.63, 3.8) is 0 Å². The average Bonchev–Trinajstić information content (AvgIpc) is 2.53. The Morgan fingerprint density at radius 2 is 2.05 bits per heavy atom. The van der Waals surface area contributed by atoms with Crippen LogP contribution in [0.2, 0.25) is 0 Å². The van der Waals surface area contributed by atoms with Gasteiger partial charge in [0, 0.05) is 30.9 Å². The van der Waals surface area contributed by atoms with Crippen molar-refractivity contribution < 1.29 is 14.7 Å². The third-order valence-corrected chi connectivity index (χ3v) is 3.96. The lowest BCUT2D eigenvalue weighted by Gasteiger charge is -2.30. The Morgan fingerprint density at radius 3 is 2.86 bits per heavy atom. The van der Waals surface area contributed by atoms with Crippen LogP contribution in [0.15, 0.2) is 36.7 Å². The molecule has 1 aliphatic rings. The zero-order valence-corrected chi connectivity index (χ0v) is 11.5. The van der Waals surface area contributed by atoms with Crippen molar-refractivity contribution in [1.29, 1.82) is 0 Å². The molecule has 1 fully saturated rings. The number of hydrogen-bond acceptors (Lipinski definition) is 3. The third kappa shape index (κ3) is 2.59. The number of hydrogen-bond donors (Lipinski definition) is 1. The van der Waals surface area contributed by atoms with Crippen molar-refractivity contribution in [3.8, 4) is 0 Å². The highest BCUT2D eigenvalue weighted by molar-refractivity contribution is 6.06. The third-order valence-electron chi connectivity index (χ3n) is 3.96. The summed E-state index contributed by atoms with van der Waals surface area (Å²) in [6.07, 6.45) is 4.64. The molecule has 0 spiro atoms. The van der Waals surface area contributed by atoms with E-state index in [1.165, 1.54) is 0 Å². The number of likely N-dealkylation sites (tertiary alicyclic amines) is 1. The van der Waals surface area contributed by atoms with Gasteiger partial charge in [0.25, 0.3) is 5.91 Å². The maximum absolute atomic E-state index is 12.7. The monoisotopic (exact) mass is 284 g/mol. The fourth-order valence-electron chi connectivity index (χ4n) is 2.82. The van der Waals surface area contributed by atoms with Crippen LogP contribution in [0.3, 0.4) is 0 Å². The van der Waals surface area contributed by atoms with E-state index in [1.807, 2.05) is 24.3 Å². The number of piperidine rings is 1. The lowest BCUT2D eigenvalue weighted by molar-refractivity contribution is -0.143. The lowest BCUT2D eigenvalue weighted by Crippen LogP contribution is -2.42. The zero-order valence-electron chi connectivity index (χ0n) is 11.5. The number of carbonyl (C=O) groups is 2. The van der Waals surface area contributed by atoms with Crippen LogP contribution in [-0.2, 0) is 4.79 Å². The molecule has 1 N–H and O–H groups in total. The highest BCUT2D eigenvalue weighted by Crippen LogP contribution is 2.22. The van der Waals surface area contributed by atoms with E-state index in [0.717, 1.165) is 17.2 Å². The van der Waals surface area contributed by atoms with Crippen LogP contribution in [0.1, 0.15) is 23.2 Å². The molecule has 108 valence electrons. The summed E-state index contributed by atoms with van der Waals surface area (Å²) in [5.41, 5.74) is 0.541. The quantitative estimate of drug-likeness (QED) is 0.917. The van der Waals surface area contributed by atoms with Gasteiger partial charge in [0.2, 0.25) is 0 Å². The van der Waals surface area contributed by atoms with Crippen LogP contribution in [0.25, 0.3) is 10.8 Å². The van der Waals surface area contributed by atoms with E-state index in [9.17, 15) is 9.59 Å². The number of nitrogens with zero attached hydrogens (tertiary/aromatic N) is 2. The molecule has 2 heterocycles. The Labute approximate surface area is 122 Å². The summed E-state index contributed by atoms with van der Waals surface area (Å²) >= 11 is 0. The summed E-state index contributed by atoms with van der Waals surface area (Å²) in [7, 11) is 0. The van der Waals surface area contributed by atoms with Crippen LogP contribution in [0.4, 0.5) is 0 Å². The first-order valence-corrected chi connectivity index (χ1v) is 7.01. The molecule has 1 unspecified atom stereocenters. The lowest BCUT2D eigenvalue weighted by atomic mass is 9.97. The number of aliphatic carboxylic acids is 1. The van der Waals surface area contributed by atoms with E-state index in [2.05, 4.69) is 4.98 Å². The molecule has 1 aliphatic heterocycles. The van der Waals surface area contributed by atoms with Crippen molar-refractivity contribution in [2.45, 2.75) is 12.8 Å². The maximum Gasteiger partial charge on any atom is 0.308 e. The molecule has 21 heavy (non-hydrogen) atoms. The number of fused-ring (bicyclic) bond motifs is 1. The highest BCUT2D eigenvalue weighted by Gasteiger charge is 2.29. The van der Waals surface area contributed by atoms with Gasteiger partial charge in [0.15, 0.2) is 0 Å². The molecule has 1 atom stereocenters. The highest BCUT2D eigenvalue weighted by atomic mass is 16.4. The van der Waals surface area contributed by atoms with Gasteiger partial charge in [0.1, 0.15) is 0 Å². The number of pyridine rings is 1. The standard InChI is InChI=1S/C16H16N2O3/c19-15(18-7-3-5-12(10-18)16(20)21)14-9-17-8-11-4-1-2-6-13(11)14/h1-2,4,6,8-9,12H,3,5,7,10H2,(H,20,21). The maximum atomic E-state index is 12.7. The minimum Gasteiger partial charge on any atom is -0.481 e. The molecule has 5 nitrogen and oxygen atoms in total. The summed E-state index contributed by atoms with van der Waals surface area (Å²) in [5.74, 6) is -1.43. The molecule has 0 saturated carbocycles. The predicted molar refractivity (Wildman–Crippen MR) is 78.0 cm³/mol. The minimum absolute atomic E-state index is 0.134. The van der Waals surface area contributed by atoms with Gasteiger partial charge in [-0.2, -0.15) is 0 Å². The second kappa shape index (κ2) is 5.52. The number of benzene rings is 1. The molecule has 3 rings (SSSR count). The summed E-state index contributed by atoms with van der Waals surface area (Å²) < 4.78 is 0. The van der Waals surface area contributed by atoms with Crippen LogP contribution in [0, 0.1) is 5.92 Å². The van der Waals surface area contributed by atoms with Crippen LogP contribution >= 0.6 is 0 Å². The number of aromatic nitrogens is 1. The first kappa shape index (κ1) is 13.5. The van der Waals surface area contributed by atoms with E-state index >= 15 is 0 Å². The summed E-state index contributed by atoms with van der Waals surface area (Å²) in [6.45, 7) is 0.878. The zero-order chi connectivity index (χ0) is 14.8. The van der Waals surface area contributed by atoms with E-state index in [4.69, 9.17) is 5.11 Å². The molecule has 0 radical (unpaired) electrons. The van der Waals surface area contributed by atoms with Crippen LogP contribution in [-0.4, -0.2) is 40.0 Å². The van der Waals surface area contributed by atoms with E-state index in [-0.39, 0.29) is 12.5 Å². The fraction of sp³-hybridized carbons (Fsp3) is 0.312. The van der Waals surface area contributed by atoms with Crippen molar-refractivity contribution >= 4 is 22.6 Å². The van der Waals surface area contributed by atoms with Gasteiger partial charge in [0.05, 0.1) is 11.5 Å². The summed E-state index contributed by atoms with van der Waals surface area (Å²) in [5, 5.41) is 10.9. The fourth-order valence-corrected chi connectivity index (χ4v) is 2.82. The molecular weight excluding hydrogens is 268 g/mol. The molecule has 1 amide bonds. The largest absolute Gasteiger partial charge is 0.481 e. The first-order valence-electron chi connectivity index (χ1n) is 7.01. The topological polar surface area (TPSA) is 70.5 Å². The van der Waals surface area contributed by atoms with E-state index in [0.29, 0.717) is 18.5 Å². The van der Waals surface area contributed by atoms with Crippen LogP contribution in [0.5, 0.6) is 0 Å². The van der Waals surface area contributed by atoms with Gasteiger partial charge in [-0.15, -0.1) is 0 Å². The number of carboxylic acids is 1. The van der Waals surface area contributed by atoms with Gasteiger partial charge in [-0.25, -0.2) is 0 Å². The molecule has 1 saturated heterocycles. The molecule has 5 heteroatoms. The van der Waals surface area contributed by atoms with Crippen molar-refractivity contribution in [2.24, 2.45) is 5.92 Å². The van der Waals surface area contributed by atoms with Gasteiger partial charge in [-0.3, -0.25) is 14.6 Å². The molecule has 0 bridgehead atoms. The summed E-state index contributed by atoms with van der Waals surface area (Å²) in [4.78, 5) is 29.5. The smallest absolute Gasteiger partial charge is 0.308 e. The van der Waals surface area contributed by atoms with Gasteiger partial charge >= 0.3 is 5.97 Å². The van der Waals surface area contributed by atoms with Gasteiger partial charge < -0.3 is 10.0 Å². The Balaban J connectivity index is 1.92. The number of carbonyl (C=O) groups excluding carboxylic acids is 1. The van der Waals surface area contributed by atoms with Crippen LogP contribution < -0.4 is 0 Å². The molecule has 1 aromatic heterocycles. The second-order valence-electron chi connectivity index (χ2n) is 5.34.